The summed E-state index contributed by atoms with van der Waals surface area (Å²) in [5, 5.41) is -5.55. The van der Waals surface area contributed by atoms with Crippen LogP contribution < -0.4 is 0 Å². The third kappa shape index (κ3) is 5.89. The first-order chi connectivity index (χ1) is 20.8. The predicted molar refractivity (Wildman–Crippen MR) is 122 cm³/mol. The molecule has 1 spiro atoms. The smallest absolute Gasteiger partial charge is 0.460 e. The lowest BCUT2D eigenvalue weighted by molar-refractivity contribution is -0.383. The second-order valence-electron chi connectivity index (χ2n) is 12.1. The summed E-state index contributed by atoms with van der Waals surface area (Å²) in [5.74, 6) is -25.2. The summed E-state index contributed by atoms with van der Waals surface area (Å²) in [6.07, 6.45) is -14.9. The number of esters is 3. The molecule has 3 atom stereocenters. The van der Waals surface area contributed by atoms with Crippen LogP contribution in [0.25, 0.3) is 0 Å². The molecule has 1 saturated heterocycles. The molecule has 0 amide bonds. The lowest BCUT2D eigenvalue weighted by Gasteiger charge is -2.54. The molecule has 272 valence electrons. The third-order valence-electron chi connectivity index (χ3n) is 9.04. The molecule has 3 rings (SSSR count). The van der Waals surface area contributed by atoms with Gasteiger partial charge in [-0.25, -0.2) is 14.4 Å². The van der Waals surface area contributed by atoms with Crippen LogP contribution in [0, 0.1) is 22.2 Å². The van der Waals surface area contributed by atoms with Gasteiger partial charge < -0.3 is 23.7 Å². The first-order valence-corrected chi connectivity index (χ1v) is 14.3. The standard InChI is InChI=1S/C23H24F12O11S/c1-15(2)10-4-5-16(15,3)20(11(10)46-14(38)21(28,29)47(39,40)41)44-8-17(9-45-20,6-42-12(36)18(24,25)22(30,31)32)7-43-13(37)19(26,27)23(33,34)35/h10-11H,4-9H2,1-3H3,(H,39,40,41). The van der Waals surface area contributed by atoms with Gasteiger partial charge in [-0.05, 0) is 18.3 Å². The van der Waals surface area contributed by atoms with Crippen molar-refractivity contribution in [2.45, 2.75) is 75.0 Å². The minimum absolute atomic E-state index is 0.0555. The maximum Gasteiger partial charge on any atom is 0.465 e. The van der Waals surface area contributed by atoms with Crippen molar-refractivity contribution >= 4 is 28.0 Å². The first kappa shape index (κ1) is 38.8. The summed E-state index contributed by atoms with van der Waals surface area (Å²) >= 11 is 0. The maximum absolute atomic E-state index is 14.1. The highest BCUT2D eigenvalue weighted by Crippen LogP contribution is 2.72. The van der Waals surface area contributed by atoms with E-state index in [-0.39, 0.29) is 12.8 Å². The van der Waals surface area contributed by atoms with E-state index in [9.17, 15) is 75.5 Å². The SMILES string of the molecule is CC1(C)C2CCC1(C)C1(OCC(COC(=O)C(F)(F)C(F)(F)F)(COC(=O)C(F)(F)C(F)(F)F)CO1)C2OC(=O)C(F)(F)S(=O)(=O)O. The molecule has 2 saturated carbocycles. The number of hydrogen-bond donors (Lipinski definition) is 1. The van der Waals surface area contributed by atoms with Crippen LogP contribution in [0.4, 0.5) is 52.7 Å². The Hall–Kier alpha value is -2.60. The molecule has 3 aliphatic rings. The largest absolute Gasteiger partial charge is 0.465 e. The normalized spacial score (nSPS) is 27.4. The zero-order valence-corrected chi connectivity index (χ0v) is 24.7. The number of hydrogen-bond acceptors (Lipinski definition) is 10. The van der Waals surface area contributed by atoms with Gasteiger partial charge in [-0.1, -0.05) is 20.8 Å². The molecular weight excluding hydrogens is 712 g/mol. The van der Waals surface area contributed by atoms with Crippen LogP contribution in [-0.4, -0.2) is 98.6 Å². The van der Waals surface area contributed by atoms with Crippen molar-refractivity contribution in [1.82, 2.24) is 0 Å². The molecule has 47 heavy (non-hydrogen) atoms. The molecule has 2 aliphatic carbocycles. The van der Waals surface area contributed by atoms with Crippen LogP contribution in [0.15, 0.2) is 0 Å². The number of carbonyl (C=O) groups excluding carboxylic acids is 3. The predicted octanol–water partition coefficient (Wildman–Crippen LogP) is 4.05. The van der Waals surface area contributed by atoms with Gasteiger partial charge in [0.05, 0.1) is 18.6 Å². The number of carbonyl (C=O) groups is 3. The van der Waals surface area contributed by atoms with Crippen LogP contribution in [0.1, 0.15) is 33.6 Å². The van der Waals surface area contributed by atoms with Gasteiger partial charge in [0.15, 0.2) is 6.10 Å². The second kappa shape index (κ2) is 11.2. The number of fused-ring (bicyclic) bond motifs is 3. The highest BCUT2D eigenvalue weighted by Gasteiger charge is 2.79. The molecule has 24 heteroatoms. The van der Waals surface area contributed by atoms with Crippen molar-refractivity contribution < 1.29 is 104 Å². The van der Waals surface area contributed by atoms with Crippen molar-refractivity contribution in [3.63, 3.8) is 0 Å². The Morgan fingerprint density at radius 2 is 1.17 bits per heavy atom. The Kier molecular flexibility index (Phi) is 9.27. The van der Waals surface area contributed by atoms with Crippen LogP contribution in [0.3, 0.4) is 0 Å². The molecule has 3 fully saturated rings. The van der Waals surface area contributed by atoms with Crippen molar-refractivity contribution in [1.29, 1.82) is 0 Å². The Morgan fingerprint density at radius 1 is 0.766 bits per heavy atom. The Labute approximate surface area is 255 Å². The van der Waals surface area contributed by atoms with Gasteiger partial charge in [-0.15, -0.1) is 0 Å². The average molecular weight is 736 g/mol. The van der Waals surface area contributed by atoms with Crippen molar-refractivity contribution in [2.75, 3.05) is 26.4 Å². The van der Waals surface area contributed by atoms with E-state index in [4.69, 9.17) is 18.8 Å². The Balaban J connectivity index is 1.99. The molecule has 1 aliphatic heterocycles. The van der Waals surface area contributed by atoms with Gasteiger partial charge in [0.1, 0.15) is 13.2 Å². The fourth-order valence-corrected chi connectivity index (χ4v) is 6.12. The third-order valence-corrected chi connectivity index (χ3v) is 9.85. The molecule has 3 unspecified atom stereocenters. The molecule has 1 heterocycles. The van der Waals surface area contributed by atoms with Crippen LogP contribution in [-0.2, 0) is 48.2 Å². The molecule has 0 radical (unpaired) electrons. The molecule has 0 aromatic carbocycles. The summed E-state index contributed by atoms with van der Waals surface area (Å²) in [6.45, 7) is -1.83. The van der Waals surface area contributed by atoms with E-state index in [1.165, 1.54) is 20.8 Å². The molecule has 1 N–H and O–H groups in total. The first-order valence-electron chi connectivity index (χ1n) is 12.8. The van der Waals surface area contributed by atoms with Gasteiger partial charge in [-0.3, -0.25) is 4.55 Å². The molecular formula is C23H24F12O11S. The summed E-state index contributed by atoms with van der Waals surface area (Å²) in [6, 6.07) is 0. The van der Waals surface area contributed by atoms with Gasteiger partial charge in [-0.2, -0.15) is 61.1 Å². The van der Waals surface area contributed by atoms with E-state index in [2.05, 4.69) is 9.47 Å². The quantitative estimate of drug-likeness (QED) is 0.158. The number of ether oxygens (including phenoxy) is 5. The zero-order valence-electron chi connectivity index (χ0n) is 23.9. The van der Waals surface area contributed by atoms with E-state index in [0.717, 1.165) is 0 Å². The summed E-state index contributed by atoms with van der Waals surface area (Å²) in [7, 11) is -6.41. The van der Waals surface area contributed by atoms with Gasteiger partial charge in [0, 0.05) is 11.3 Å². The summed E-state index contributed by atoms with van der Waals surface area (Å²) in [4.78, 5) is 35.5. The van der Waals surface area contributed by atoms with Crippen molar-refractivity contribution in [2.24, 2.45) is 22.2 Å². The highest BCUT2D eigenvalue weighted by molar-refractivity contribution is 7.87. The molecule has 2 bridgehead atoms. The fourth-order valence-electron chi connectivity index (χ4n) is 5.86. The Bertz CT molecular complexity index is 1340. The van der Waals surface area contributed by atoms with Crippen LogP contribution in [0.5, 0.6) is 0 Å². The lowest BCUT2D eigenvalue weighted by atomic mass is 9.68. The monoisotopic (exact) mass is 736 g/mol. The minimum atomic E-state index is -6.52. The van der Waals surface area contributed by atoms with E-state index in [1.54, 1.807) is 0 Å². The highest BCUT2D eigenvalue weighted by atomic mass is 32.2. The van der Waals surface area contributed by atoms with Gasteiger partial charge in [0.2, 0.25) is 5.79 Å². The maximum atomic E-state index is 14.1. The van der Waals surface area contributed by atoms with E-state index < -0.39 is 118 Å². The van der Waals surface area contributed by atoms with Crippen LogP contribution in [0.2, 0.25) is 0 Å². The molecule has 0 aromatic heterocycles. The number of halogens is 12. The van der Waals surface area contributed by atoms with E-state index >= 15 is 0 Å². The minimum Gasteiger partial charge on any atom is -0.460 e. The number of alkyl halides is 12. The zero-order chi connectivity index (χ0) is 36.7. The second-order valence-corrected chi connectivity index (χ2v) is 13.5. The number of rotatable bonds is 9. The van der Waals surface area contributed by atoms with Crippen molar-refractivity contribution in [3.05, 3.63) is 0 Å². The van der Waals surface area contributed by atoms with Gasteiger partial charge >= 0.3 is 57.5 Å². The lowest BCUT2D eigenvalue weighted by Crippen LogP contribution is -2.65. The average Bonchev–Trinajstić information content (AvgIpc) is 3.22. The summed E-state index contributed by atoms with van der Waals surface area (Å²) in [5.41, 5.74) is -5.24. The summed E-state index contributed by atoms with van der Waals surface area (Å²) < 4.78 is 213. The van der Waals surface area contributed by atoms with Crippen LogP contribution >= 0.6 is 0 Å². The Morgan fingerprint density at radius 3 is 1.53 bits per heavy atom. The van der Waals surface area contributed by atoms with E-state index in [0.29, 0.717) is 0 Å². The molecule has 11 nitrogen and oxygen atoms in total. The van der Waals surface area contributed by atoms with Crippen molar-refractivity contribution in [3.8, 4) is 0 Å². The topological polar surface area (TPSA) is 152 Å². The molecule has 0 aromatic rings. The van der Waals surface area contributed by atoms with Gasteiger partial charge in [0.25, 0.3) is 0 Å². The fraction of sp³-hybridized carbons (Fsp3) is 0.870. The van der Waals surface area contributed by atoms with E-state index in [1.807, 2.05) is 0 Å².